The van der Waals surface area contributed by atoms with Gasteiger partial charge in [-0.25, -0.2) is 0 Å². The Bertz CT molecular complexity index is 2020. The lowest BCUT2D eigenvalue weighted by Crippen LogP contribution is -2.10. The molecule has 0 aliphatic rings. The van der Waals surface area contributed by atoms with E-state index in [0.29, 0.717) is 0 Å². The molecule has 238 valence electrons. The fourth-order valence-electron chi connectivity index (χ4n) is 5.85. The van der Waals surface area contributed by atoms with Gasteiger partial charge in [-0.3, -0.25) is 0 Å². The van der Waals surface area contributed by atoms with Crippen molar-refractivity contribution in [2.75, 3.05) is 9.80 Å². The summed E-state index contributed by atoms with van der Waals surface area (Å²) in [6.45, 7) is 7.43. The van der Waals surface area contributed by atoms with Crippen LogP contribution >= 0.6 is 0 Å². The van der Waals surface area contributed by atoms with Gasteiger partial charge in [0.15, 0.2) is 0 Å². The number of benzene rings is 6. The summed E-state index contributed by atoms with van der Waals surface area (Å²) in [5, 5.41) is 0. The summed E-state index contributed by atoms with van der Waals surface area (Å²) in [4.78, 5) is 4.51. The summed E-state index contributed by atoms with van der Waals surface area (Å²) >= 11 is 0. The van der Waals surface area contributed by atoms with Gasteiger partial charge in [-0.15, -0.1) is 23.7 Å². The molecule has 0 amide bonds. The van der Waals surface area contributed by atoms with Gasteiger partial charge < -0.3 is 9.80 Å². The van der Waals surface area contributed by atoms with Crippen LogP contribution in [0.1, 0.15) is 49.9 Å². The molecule has 0 heterocycles. The van der Waals surface area contributed by atoms with Crippen LogP contribution in [0.5, 0.6) is 0 Å². The molecule has 6 aromatic rings. The largest absolute Gasteiger partial charge is 0.311 e. The van der Waals surface area contributed by atoms with Gasteiger partial charge in [-0.1, -0.05) is 47.9 Å². The molecule has 0 saturated carbocycles. The first-order valence-electron chi connectivity index (χ1n) is 16.5. The molecule has 0 atom stereocenters. The molecule has 0 aliphatic heterocycles. The highest BCUT2D eigenvalue weighted by molar-refractivity contribution is 5.81. The highest BCUT2D eigenvalue weighted by atomic mass is 15.1. The second-order valence-corrected chi connectivity index (χ2v) is 11.5. The van der Waals surface area contributed by atoms with Crippen LogP contribution in [0.25, 0.3) is 11.1 Å². The third kappa shape index (κ3) is 7.65. The second-order valence-electron chi connectivity index (χ2n) is 11.5. The molecule has 6 aromatic carbocycles. The molecular weight excluding hydrogens is 605 g/mol. The number of rotatable bonds is 7. The summed E-state index contributed by atoms with van der Waals surface area (Å²) in [5.41, 5.74) is 12.6. The SMILES string of the molecule is CC#Cc1ccc(N(c2ccc(C#CC)cc2)c2ccc(-c3ccc(N(c4ccc(C#CC)cc4)c4ccc(C#CC)cc4)cc3)cc2)cc1. The van der Waals surface area contributed by atoms with E-state index in [1.54, 1.807) is 0 Å². The van der Waals surface area contributed by atoms with Crippen LogP contribution in [0.3, 0.4) is 0 Å². The molecule has 0 aliphatic carbocycles. The Labute approximate surface area is 297 Å². The number of nitrogens with zero attached hydrogens (tertiary/aromatic N) is 2. The van der Waals surface area contributed by atoms with E-state index in [1.165, 1.54) is 0 Å². The van der Waals surface area contributed by atoms with E-state index in [0.717, 1.165) is 67.5 Å². The lowest BCUT2D eigenvalue weighted by Gasteiger charge is -2.26. The maximum Gasteiger partial charge on any atom is 0.0462 e. The quantitative estimate of drug-likeness (QED) is 0.160. The van der Waals surface area contributed by atoms with Crippen molar-refractivity contribution in [1.29, 1.82) is 0 Å². The summed E-state index contributed by atoms with van der Waals surface area (Å²) in [6, 6.07) is 50.9. The van der Waals surface area contributed by atoms with Crippen molar-refractivity contribution in [3.05, 3.63) is 168 Å². The average molecular weight is 641 g/mol. The van der Waals surface area contributed by atoms with Crippen molar-refractivity contribution in [3.63, 3.8) is 0 Å². The van der Waals surface area contributed by atoms with Crippen LogP contribution in [0.2, 0.25) is 0 Å². The average Bonchev–Trinajstić information content (AvgIpc) is 3.16. The van der Waals surface area contributed by atoms with E-state index in [9.17, 15) is 0 Å². The van der Waals surface area contributed by atoms with Gasteiger partial charge in [0.1, 0.15) is 0 Å². The van der Waals surface area contributed by atoms with Crippen molar-refractivity contribution in [1.82, 2.24) is 0 Å². The predicted octanol–water partition coefficient (Wildman–Crippen LogP) is 11.8. The Kier molecular flexibility index (Phi) is 10.5. The third-order valence-electron chi connectivity index (χ3n) is 8.16. The minimum atomic E-state index is 0.993. The fraction of sp³-hybridized carbons (Fsp3) is 0.0833. The standard InChI is InChI=1S/C48H36N2/c1-5-9-37-13-25-43(26-14-37)49(44-27-15-38(10-6-2)16-28-44)47-33-21-41(22-34-47)42-23-35-48(36-24-42)50(45-29-17-39(11-7-3)18-30-45)46-31-19-40(12-8-4)20-32-46/h13-36H,1-4H3. The van der Waals surface area contributed by atoms with E-state index < -0.39 is 0 Å². The molecule has 50 heavy (non-hydrogen) atoms. The van der Waals surface area contributed by atoms with Crippen LogP contribution in [0.15, 0.2) is 146 Å². The topological polar surface area (TPSA) is 6.48 Å². The zero-order chi connectivity index (χ0) is 34.7. The first kappa shape index (κ1) is 33.1. The van der Waals surface area contributed by atoms with E-state index >= 15 is 0 Å². The van der Waals surface area contributed by atoms with E-state index in [2.05, 4.69) is 203 Å². The van der Waals surface area contributed by atoms with Crippen molar-refractivity contribution >= 4 is 34.1 Å². The van der Waals surface area contributed by atoms with E-state index in [-0.39, 0.29) is 0 Å². The van der Waals surface area contributed by atoms with E-state index in [4.69, 9.17) is 0 Å². The Morgan fingerprint density at radius 2 is 0.440 bits per heavy atom. The molecule has 0 N–H and O–H groups in total. The van der Waals surface area contributed by atoms with Crippen molar-refractivity contribution < 1.29 is 0 Å². The second kappa shape index (κ2) is 15.8. The van der Waals surface area contributed by atoms with Crippen molar-refractivity contribution in [3.8, 4) is 58.5 Å². The third-order valence-corrected chi connectivity index (χ3v) is 8.16. The van der Waals surface area contributed by atoms with Gasteiger partial charge in [0.05, 0.1) is 0 Å². The van der Waals surface area contributed by atoms with Crippen molar-refractivity contribution in [2.45, 2.75) is 27.7 Å². The monoisotopic (exact) mass is 640 g/mol. The van der Waals surface area contributed by atoms with Gasteiger partial charge in [0.2, 0.25) is 0 Å². The van der Waals surface area contributed by atoms with Crippen LogP contribution in [-0.2, 0) is 0 Å². The Morgan fingerprint density at radius 3 is 0.620 bits per heavy atom. The molecule has 0 unspecified atom stereocenters. The number of hydrogen-bond acceptors (Lipinski definition) is 2. The van der Waals surface area contributed by atoms with Gasteiger partial charge in [0.25, 0.3) is 0 Å². The maximum atomic E-state index is 3.15. The summed E-state index contributed by atoms with van der Waals surface area (Å²) in [6.07, 6.45) is 0. The van der Waals surface area contributed by atoms with Crippen LogP contribution in [0.4, 0.5) is 34.1 Å². The van der Waals surface area contributed by atoms with Gasteiger partial charge >= 0.3 is 0 Å². The lowest BCUT2D eigenvalue weighted by molar-refractivity contribution is 1.28. The van der Waals surface area contributed by atoms with Gasteiger partial charge in [0, 0.05) is 56.4 Å². The molecule has 0 aromatic heterocycles. The molecule has 0 spiro atoms. The Morgan fingerprint density at radius 1 is 0.260 bits per heavy atom. The maximum absolute atomic E-state index is 3.15. The van der Waals surface area contributed by atoms with Gasteiger partial charge in [-0.2, -0.15) is 0 Å². The summed E-state index contributed by atoms with van der Waals surface area (Å²) < 4.78 is 0. The normalized spacial score (nSPS) is 9.76. The Hall–Kier alpha value is -6.84. The first-order valence-corrected chi connectivity index (χ1v) is 16.5. The fourth-order valence-corrected chi connectivity index (χ4v) is 5.85. The highest BCUT2D eigenvalue weighted by Gasteiger charge is 2.15. The molecule has 0 bridgehead atoms. The minimum absolute atomic E-state index is 0.993. The van der Waals surface area contributed by atoms with Gasteiger partial charge in [-0.05, 0) is 160 Å². The number of anilines is 6. The highest BCUT2D eigenvalue weighted by Crippen LogP contribution is 2.38. The lowest BCUT2D eigenvalue weighted by atomic mass is 10.0. The zero-order valence-electron chi connectivity index (χ0n) is 28.8. The number of hydrogen-bond donors (Lipinski definition) is 0. The summed E-state index contributed by atoms with van der Waals surface area (Å²) in [5.74, 6) is 24.5. The van der Waals surface area contributed by atoms with Crippen LogP contribution < -0.4 is 9.80 Å². The summed E-state index contributed by atoms with van der Waals surface area (Å²) in [7, 11) is 0. The molecule has 0 fully saturated rings. The molecule has 0 radical (unpaired) electrons. The predicted molar refractivity (Wildman–Crippen MR) is 211 cm³/mol. The molecule has 0 saturated heterocycles. The van der Waals surface area contributed by atoms with E-state index in [1.807, 2.05) is 27.7 Å². The minimum Gasteiger partial charge on any atom is -0.311 e. The van der Waals surface area contributed by atoms with Crippen molar-refractivity contribution in [2.24, 2.45) is 0 Å². The van der Waals surface area contributed by atoms with Crippen LogP contribution in [0, 0.1) is 47.4 Å². The smallest absolute Gasteiger partial charge is 0.0462 e. The Balaban J connectivity index is 1.32. The van der Waals surface area contributed by atoms with Crippen LogP contribution in [-0.4, -0.2) is 0 Å². The zero-order valence-corrected chi connectivity index (χ0v) is 28.8. The first-order chi connectivity index (χ1) is 24.6. The molecule has 2 heteroatoms. The molecule has 2 nitrogen and oxygen atoms in total. The molecular formula is C48H36N2. The molecule has 6 rings (SSSR count).